The average molecular weight is 322 g/mol. The lowest BCUT2D eigenvalue weighted by Gasteiger charge is -2.49. The van der Waals surface area contributed by atoms with E-state index in [4.69, 9.17) is 23.7 Å². The van der Waals surface area contributed by atoms with Gasteiger partial charge >= 0.3 is 0 Å². The van der Waals surface area contributed by atoms with Gasteiger partial charge < -0.3 is 23.7 Å². The number of carbonyl (C=O) groups excluding carboxylic acids is 1. The maximum absolute atomic E-state index is 13.1. The molecule has 0 radical (unpaired) electrons. The van der Waals surface area contributed by atoms with Crippen LogP contribution in [0, 0.1) is 0 Å². The highest BCUT2D eigenvalue weighted by Gasteiger charge is 2.64. The highest BCUT2D eigenvalue weighted by molar-refractivity contribution is 5.92. The maximum Gasteiger partial charge on any atom is 0.211 e. The summed E-state index contributed by atoms with van der Waals surface area (Å²) < 4.78 is 28.5. The summed E-state index contributed by atoms with van der Waals surface area (Å²) in [4.78, 5) is 13.1. The number of rotatable bonds is 4. The number of carbonyl (C=O) groups is 1. The third kappa shape index (κ3) is 2.51. The third-order valence-electron chi connectivity index (χ3n) is 4.61. The molecule has 6 heteroatoms. The lowest BCUT2D eigenvalue weighted by atomic mass is 9.73. The summed E-state index contributed by atoms with van der Waals surface area (Å²) in [6.07, 6.45) is -1.92. The SMILES string of the molecule is COC1C(=O)C(c2ccccc2)C2(OCCO2)C(OC)C1OC. The van der Waals surface area contributed by atoms with Crippen LogP contribution in [0.5, 0.6) is 0 Å². The summed E-state index contributed by atoms with van der Waals surface area (Å²) in [6, 6.07) is 9.46. The van der Waals surface area contributed by atoms with Gasteiger partial charge in [-0.1, -0.05) is 30.3 Å². The summed E-state index contributed by atoms with van der Waals surface area (Å²) in [5, 5.41) is 0. The van der Waals surface area contributed by atoms with Crippen molar-refractivity contribution in [3.63, 3.8) is 0 Å². The molecule has 1 aromatic carbocycles. The van der Waals surface area contributed by atoms with Gasteiger partial charge in [0.25, 0.3) is 0 Å². The number of Topliss-reactive ketones (excluding diaryl/α,β-unsaturated/α-hetero) is 1. The number of ether oxygens (including phenoxy) is 5. The van der Waals surface area contributed by atoms with E-state index in [1.807, 2.05) is 30.3 Å². The van der Waals surface area contributed by atoms with Gasteiger partial charge in [-0.2, -0.15) is 0 Å². The van der Waals surface area contributed by atoms with Crippen molar-refractivity contribution in [3.8, 4) is 0 Å². The lowest BCUT2D eigenvalue weighted by molar-refractivity contribution is -0.286. The van der Waals surface area contributed by atoms with Crippen molar-refractivity contribution in [2.45, 2.75) is 30.0 Å². The Hall–Kier alpha value is -1.31. The number of hydrogen-bond donors (Lipinski definition) is 0. The number of benzene rings is 1. The van der Waals surface area contributed by atoms with Crippen LogP contribution in [0.3, 0.4) is 0 Å². The minimum absolute atomic E-state index is 0.124. The van der Waals surface area contributed by atoms with Gasteiger partial charge in [0, 0.05) is 21.3 Å². The summed E-state index contributed by atoms with van der Waals surface area (Å²) in [7, 11) is 4.59. The van der Waals surface area contributed by atoms with Gasteiger partial charge in [0.1, 0.15) is 24.2 Å². The molecule has 1 aromatic rings. The molecule has 0 amide bonds. The summed E-state index contributed by atoms with van der Waals surface area (Å²) >= 11 is 0. The molecule has 2 aliphatic rings. The zero-order chi connectivity index (χ0) is 16.4. The molecule has 126 valence electrons. The number of hydrogen-bond acceptors (Lipinski definition) is 6. The van der Waals surface area contributed by atoms with E-state index < -0.39 is 30.0 Å². The van der Waals surface area contributed by atoms with Gasteiger partial charge in [-0.15, -0.1) is 0 Å². The third-order valence-corrected chi connectivity index (χ3v) is 4.61. The normalized spacial score (nSPS) is 33.3. The van der Waals surface area contributed by atoms with Crippen molar-refractivity contribution in [1.82, 2.24) is 0 Å². The highest BCUT2D eigenvalue weighted by Crippen LogP contribution is 2.47. The second-order valence-electron chi connectivity index (χ2n) is 5.68. The molecule has 1 aliphatic heterocycles. The van der Waals surface area contributed by atoms with Crippen LogP contribution < -0.4 is 0 Å². The molecule has 0 N–H and O–H groups in total. The standard InChI is InChI=1S/C17H22O6/c1-19-14-13(18)12(11-7-5-4-6-8-11)17(22-9-10-23-17)16(21-3)15(14)20-2/h4-8,12,14-16H,9-10H2,1-3H3. The fourth-order valence-electron chi connectivity index (χ4n) is 3.69. The van der Waals surface area contributed by atoms with Gasteiger partial charge in [0.15, 0.2) is 5.78 Å². The molecule has 23 heavy (non-hydrogen) atoms. The zero-order valence-electron chi connectivity index (χ0n) is 13.6. The van der Waals surface area contributed by atoms with E-state index in [9.17, 15) is 4.79 Å². The van der Waals surface area contributed by atoms with Crippen LogP contribution >= 0.6 is 0 Å². The van der Waals surface area contributed by atoms with E-state index in [1.54, 1.807) is 7.11 Å². The van der Waals surface area contributed by atoms with Crippen LogP contribution in [0.2, 0.25) is 0 Å². The quantitative estimate of drug-likeness (QED) is 0.828. The molecule has 3 rings (SSSR count). The smallest absolute Gasteiger partial charge is 0.211 e. The van der Waals surface area contributed by atoms with Gasteiger partial charge in [-0.05, 0) is 5.56 Å². The molecule has 0 bridgehead atoms. The van der Waals surface area contributed by atoms with Crippen LogP contribution in [0.4, 0.5) is 0 Å². The predicted octanol–water partition coefficient (Wildman–Crippen LogP) is 1.14. The first-order chi connectivity index (χ1) is 11.2. The molecular formula is C17H22O6. The zero-order valence-corrected chi connectivity index (χ0v) is 13.6. The molecule has 0 aromatic heterocycles. The predicted molar refractivity (Wildman–Crippen MR) is 81.2 cm³/mol. The van der Waals surface area contributed by atoms with E-state index in [0.717, 1.165) is 5.56 Å². The Bertz CT molecular complexity index is 539. The fourth-order valence-corrected chi connectivity index (χ4v) is 3.69. The minimum atomic E-state index is -1.19. The van der Waals surface area contributed by atoms with E-state index in [0.29, 0.717) is 13.2 Å². The molecule has 2 fully saturated rings. The van der Waals surface area contributed by atoms with E-state index >= 15 is 0 Å². The van der Waals surface area contributed by atoms with Gasteiger partial charge in [-0.25, -0.2) is 0 Å². The average Bonchev–Trinajstić information content (AvgIpc) is 3.05. The molecule has 6 nitrogen and oxygen atoms in total. The number of methoxy groups -OCH3 is 3. The first-order valence-corrected chi connectivity index (χ1v) is 7.64. The summed E-state index contributed by atoms with van der Waals surface area (Å²) in [6.45, 7) is 0.815. The molecule has 1 heterocycles. The molecule has 4 atom stereocenters. The Kier molecular flexibility index (Phi) is 4.79. The summed E-state index contributed by atoms with van der Waals surface area (Å²) in [5.74, 6) is -1.95. The topological polar surface area (TPSA) is 63.2 Å². The second kappa shape index (κ2) is 6.67. The second-order valence-corrected chi connectivity index (χ2v) is 5.68. The van der Waals surface area contributed by atoms with Crippen LogP contribution in [0.25, 0.3) is 0 Å². The molecule has 4 unspecified atom stereocenters. The molecule has 1 aliphatic carbocycles. The van der Waals surface area contributed by atoms with Crippen LogP contribution in [-0.2, 0) is 28.5 Å². The number of ketones is 1. The van der Waals surface area contributed by atoms with Crippen molar-refractivity contribution in [2.24, 2.45) is 0 Å². The first kappa shape index (κ1) is 16.5. The van der Waals surface area contributed by atoms with Crippen LogP contribution in [-0.4, -0.2) is 64.4 Å². The van der Waals surface area contributed by atoms with Gasteiger partial charge in [0.05, 0.1) is 13.2 Å². The Balaban J connectivity index is 2.12. The van der Waals surface area contributed by atoms with Crippen molar-refractivity contribution < 1.29 is 28.5 Å². The van der Waals surface area contributed by atoms with Crippen LogP contribution in [0.1, 0.15) is 11.5 Å². The monoisotopic (exact) mass is 322 g/mol. The van der Waals surface area contributed by atoms with Crippen molar-refractivity contribution >= 4 is 5.78 Å². The van der Waals surface area contributed by atoms with E-state index in [2.05, 4.69) is 0 Å². The molecule has 1 saturated heterocycles. The minimum Gasteiger partial charge on any atom is -0.375 e. The van der Waals surface area contributed by atoms with Gasteiger partial charge in [-0.3, -0.25) is 4.79 Å². The van der Waals surface area contributed by atoms with E-state index in [-0.39, 0.29) is 5.78 Å². The van der Waals surface area contributed by atoms with Crippen molar-refractivity contribution in [1.29, 1.82) is 0 Å². The van der Waals surface area contributed by atoms with Crippen LogP contribution in [0.15, 0.2) is 30.3 Å². The Labute approximate surface area is 135 Å². The van der Waals surface area contributed by atoms with Crippen molar-refractivity contribution in [2.75, 3.05) is 34.5 Å². The highest BCUT2D eigenvalue weighted by atomic mass is 16.8. The lowest BCUT2D eigenvalue weighted by Crippen LogP contribution is -2.67. The Morgan fingerprint density at radius 2 is 1.65 bits per heavy atom. The fraction of sp³-hybridized carbons (Fsp3) is 0.588. The largest absolute Gasteiger partial charge is 0.375 e. The Morgan fingerprint density at radius 1 is 1.00 bits per heavy atom. The summed E-state index contributed by atoms with van der Waals surface area (Å²) in [5.41, 5.74) is 0.818. The van der Waals surface area contributed by atoms with Crippen molar-refractivity contribution in [3.05, 3.63) is 35.9 Å². The Morgan fingerprint density at radius 3 is 2.17 bits per heavy atom. The van der Waals surface area contributed by atoms with E-state index in [1.165, 1.54) is 14.2 Å². The van der Waals surface area contributed by atoms with Gasteiger partial charge in [0.2, 0.25) is 5.79 Å². The maximum atomic E-state index is 13.1. The first-order valence-electron chi connectivity index (χ1n) is 7.64. The molecule has 1 saturated carbocycles. The molecular weight excluding hydrogens is 300 g/mol. The molecule has 1 spiro atoms.